The van der Waals surface area contributed by atoms with E-state index in [0.717, 1.165) is 5.56 Å². The quantitative estimate of drug-likeness (QED) is 0.402. The lowest BCUT2D eigenvalue weighted by molar-refractivity contribution is -0.150. The van der Waals surface area contributed by atoms with E-state index in [1.54, 1.807) is 36.4 Å². The highest BCUT2D eigenvalue weighted by Gasteiger charge is 2.27. The van der Waals surface area contributed by atoms with Crippen LogP contribution in [0.4, 0.5) is 13.2 Å². The van der Waals surface area contributed by atoms with Crippen LogP contribution in [0.5, 0.6) is 0 Å². The number of benzene rings is 1. The van der Waals surface area contributed by atoms with Crippen molar-refractivity contribution >= 4 is 17.8 Å². The molecule has 0 unspecified atom stereocenters. The van der Waals surface area contributed by atoms with Gasteiger partial charge in [-0.1, -0.05) is 42.5 Å². The van der Waals surface area contributed by atoms with Crippen LogP contribution in [0.15, 0.2) is 42.5 Å². The van der Waals surface area contributed by atoms with Crippen molar-refractivity contribution in [1.29, 1.82) is 0 Å². The van der Waals surface area contributed by atoms with E-state index in [-0.39, 0.29) is 50.6 Å². The maximum Gasteiger partial charge on any atom is 0.389 e. The fourth-order valence-electron chi connectivity index (χ4n) is 3.13. The minimum absolute atomic E-state index is 0.0575. The van der Waals surface area contributed by atoms with E-state index in [1.165, 1.54) is 0 Å². The predicted octanol–water partition coefficient (Wildman–Crippen LogP) is 3.59. The van der Waals surface area contributed by atoms with E-state index >= 15 is 0 Å². The van der Waals surface area contributed by atoms with E-state index in [1.807, 2.05) is 6.07 Å². The van der Waals surface area contributed by atoms with E-state index in [9.17, 15) is 27.6 Å². The lowest BCUT2D eigenvalue weighted by Crippen LogP contribution is -2.37. The first-order valence-corrected chi connectivity index (χ1v) is 10.2. The summed E-state index contributed by atoms with van der Waals surface area (Å²) in [7, 11) is 0. The van der Waals surface area contributed by atoms with Gasteiger partial charge in [-0.05, 0) is 24.8 Å². The molecule has 0 bridgehead atoms. The number of carbonyl (C=O) groups excluding carboxylic acids is 3. The van der Waals surface area contributed by atoms with Crippen LogP contribution in [0.3, 0.4) is 0 Å². The average molecular weight is 440 g/mol. The third-order valence-electron chi connectivity index (χ3n) is 4.77. The summed E-state index contributed by atoms with van der Waals surface area (Å²) in [5.74, 6) is -1.91. The largest absolute Gasteiger partial charge is 0.456 e. The highest BCUT2D eigenvalue weighted by molar-refractivity contribution is 5.86. The number of nitrogens with one attached hydrogen (secondary N) is 2. The zero-order valence-corrected chi connectivity index (χ0v) is 17.1. The third-order valence-corrected chi connectivity index (χ3v) is 4.77. The number of esters is 1. The third kappa shape index (κ3) is 9.67. The van der Waals surface area contributed by atoms with Crippen molar-refractivity contribution in [3.05, 3.63) is 48.0 Å². The summed E-state index contributed by atoms with van der Waals surface area (Å²) in [4.78, 5) is 36.9. The van der Waals surface area contributed by atoms with E-state index < -0.39 is 30.5 Å². The molecule has 2 amide bonds. The molecule has 0 aromatic heterocycles. The van der Waals surface area contributed by atoms with E-state index in [2.05, 4.69) is 10.6 Å². The molecule has 0 saturated heterocycles. The molecule has 2 atom stereocenters. The fraction of sp³-hybridized carbons (Fsp3) is 0.500. The number of hydrogen-bond acceptors (Lipinski definition) is 4. The molecule has 2 N–H and O–H groups in total. The number of carbonyl (C=O) groups is 3. The molecule has 0 saturated carbocycles. The second-order valence-electron chi connectivity index (χ2n) is 7.35. The Bertz CT molecular complexity index is 766. The summed E-state index contributed by atoms with van der Waals surface area (Å²) in [6.45, 7) is -0.0451. The fourth-order valence-corrected chi connectivity index (χ4v) is 3.13. The Balaban J connectivity index is 1.97. The summed E-state index contributed by atoms with van der Waals surface area (Å²) in [5.41, 5.74) is 0.739. The number of hydrogen-bond donors (Lipinski definition) is 2. The van der Waals surface area contributed by atoms with Crippen molar-refractivity contribution < 1.29 is 32.3 Å². The van der Waals surface area contributed by atoms with Gasteiger partial charge in [-0.25, -0.2) is 0 Å². The molecule has 170 valence electrons. The number of halogens is 3. The van der Waals surface area contributed by atoms with Gasteiger partial charge in [0.1, 0.15) is 6.10 Å². The molecule has 2 rings (SSSR count). The van der Waals surface area contributed by atoms with Gasteiger partial charge >= 0.3 is 12.1 Å². The molecule has 6 nitrogen and oxygen atoms in total. The smallest absolute Gasteiger partial charge is 0.389 e. The maximum atomic E-state index is 12.7. The molecule has 1 aromatic carbocycles. The van der Waals surface area contributed by atoms with Gasteiger partial charge in [0.05, 0.1) is 12.5 Å². The van der Waals surface area contributed by atoms with Crippen molar-refractivity contribution in [2.24, 2.45) is 5.92 Å². The second kappa shape index (κ2) is 12.1. The average Bonchev–Trinajstić information content (AvgIpc) is 2.72. The highest BCUT2D eigenvalue weighted by atomic mass is 19.4. The van der Waals surface area contributed by atoms with Gasteiger partial charge < -0.3 is 15.4 Å². The standard InChI is InChI=1S/C22H27F3N2O4/c23-22(24,25)12-7-13-26-19(28)14-17-10-5-2-6-11-20(29)31-18(15-27-21(17)30)16-8-3-1-4-9-16/h1-5,8-9,17-18H,6-7,10-15H2,(H,26,28)(H,27,30)/b5-2-/t17-,18-/m0/s1. The zero-order chi connectivity index (χ0) is 22.7. The highest BCUT2D eigenvalue weighted by Crippen LogP contribution is 2.21. The Kier molecular flexibility index (Phi) is 9.55. The molecular formula is C22H27F3N2O4. The van der Waals surface area contributed by atoms with Gasteiger partial charge in [-0.15, -0.1) is 0 Å². The Hall–Kier alpha value is -2.84. The Morgan fingerprint density at radius 1 is 1.16 bits per heavy atom. The molecule has 9 heteroatoms. The molecule has 0 fully saturated rings. The first-order chi connectivity index (χ1) is 14.7. The first-order valence-electron chi connectivity index (χ1n) is 10.2. The normalized spacial score (nSPS) is 21.8. The molecule has 0 aliphatic carbocycles. The number of amides is 2. The van der Waals surface area contributed by atoms with Crippen LogP contribution in [0.25, 0.3) is 0 Å². The van der Waals surface area contributed by atoms with Crippen molar-refractivity contribution in [2.75, 3.05) is 13.1 Å². The Labute approximate surface area is 179 Å². The summed E-state index contributed by atoms with van der Waals surface area (Å²) in [6, 6.07) is 9.02. The van der Waals surface area contributed by atoms with Crippen molar-refractivity contribution in [3.8, 4) is 0 Å². The lowest BCUT2D eigenvalue weighted by atomic mass is 9.98. The van der Waals surface area contributed by atoms with Crippen molar-refractivity contribution in [2.45, 2.75) is 50.8 Å². The lowest BCUT2D eigenvalue weighted by Gasteiger charge is -2.21. The molecule has 1 heterocycles. The van der Waals surface area contributed by atoms with E-state index in [0.29, 0.717) is 6.42 Å². The summed E-state index contributed by atoms with van der Waals surface area (Å²) in [6.07, 6.45) is -1.84. The van der Waals surface area contributed by atoms with Crippen LogP contribution < -0.4 is 10.6 Å². The minimum atomic E-state index is -4.26. The van der Waals surface area contributed by atoms with Crippen molar-refractivity contribution in [1.82, 2.24) is 10.6 Å². The number of ether oxygens (including phenoxy) is 1. The summed E-state index contributed by atoms with van der Waals surface area (Å²) in [5, 5.41) is 5.17. The van der Waals surface area contributed by atoms with Gasteiger partial charge in [0.25, 0.3) is 0 Å². The number of rotatable bonds is 6. The SMILES string of the molecule is O=C(C[C@@H]1C/C=C\CCC(=O)O[C@H](c2ccccc2)CNC1=O)NCCCC(F)(F)F. The Morgan fingerprint density at radius 2 is 1.90 bits per heavy atom. The summed E-state index contributed by atoms with van der Waals surface area (Å²) < 4.78 is 42.1. The molecule has 0 radical (unpaired) electrons. The Morgan fingerprint density at radius 3 is 2.61 bits per heavy atom. The van der Waals surface area contributed by atoms with Crippen LogP contribution in [0.1, 0.15) is 50.2 Å². The van der Waals surface area contributed by atoms with Crippen LogP contribution in [-0.4, -0.2) is 37.0 Å². The van der Waals surface area contributed by atoms with Gasteiger partial charge in [0.2, 0.25) is 11.8 Å². The van der Waals surface area contributed by atoms with Crippen molar-refractivity contribution in [3.63, 3.8) is 0 Å². The molecule has 1 aliphatic rings. The van der Waals surface area contributed by atoms with E-state index in [4.69, 9.17) is 4.74 Å². The zero-order valence-electron chi connectivity index (χ0n) is 17.1. The topological polar surface area (TPSA) is 84.5 Å². The number of alkyl halides is 3. The van der Waals surface area contributed by atoms with Crippen LogP contribution in [0, 0.1) is 5.92 Å². The van der Waals surface area contributed by atoms with Crippen LogP contribution >= 0.6 is 0 Å². The van der Waals surface area contributed by atoms with Gasteiger partial charge in [0, 0.05) is 25.8 Å². The number of allylic oxidation sites excluding steroid dienone is 2. The van der Waals surface area contributed by atoms with Gasteiger partial charge in [-0.3, -0.25) is 14.4 Å². The molecule has 1 aromatic rings. The molecular weight excluding hydrogens is 413 g/mol. The maximum absolute atomic E-state index is 12.7. The van der Waals surface area contributed by atoms with Crippen LogP contribution in [0.2, 0.25) is 0 Å². The number of cyclic esters (lactones) is 1. The molecule has 0 spiro atoms. The second-order valence-corrected chi connectivity index (χ2v) is 7.35. The predicted molar refractivity (Wildman–Crippen MR) is 108 cm³/mol. The summed E-state index contributed by atoms with van der Waals surface area (Å²) >= 11 is 0. The first kappa shape index (κ1) is 24.4. The molecule has 1 aliphatic heterocycles. The van der Waals surface area contributed by atoms with Gasteiger partial charge in [0.15, 0.2) is 0 Å². The monoisotopic (exact) mass is 440 g/mol. The van der Waals surface area contributed by atoms with Gasteiger partial charge in [-0.2, -0.15) is 13.2 Å². The molecule has 31 heavy (non-hydrogen) atoms. The minimum Gasteiger partial charge on any atom is -0.456 e. The van der Waals surface area contributed by atoms with Crippen LogP contribution in [-0.2, 0) is 19.1 Å².